The molecule has 226 valence electrons. The van der Waals surface area contributed by atoms with Gasteiger partial charge in [-0.1, -0.05) is 18.9 Å². The number of unbranched alkanes of at least 4 members (excludes halogenated alkanes) is 2. The molecule has 10 nitrogen and oxygen atoms in total. The van der Waals surface area contributed by atoms with Crippen molar-refractivity contribution in [3.8, 4) is 17.0 Å². The monoisotopic (exact) mass is 584 g/mol. The number of Topliss-reactive ketones (excluding diaryl/α,β-unsaturated/α-hetero) is 1. The normalized spacial score (nSPS) is 17.1. The summed E-state index contributed by atoms with van der Waals surface area (Å²) in [5, 5.41) is 7.75. The van der Waals surface area contributed by atoms with Gasteiger partial charge in [-0.15, -0.1) is 0 Å². The number of aromatic nitrogens is 4. The van der Waals surface area contributed by atoms with Crippen LogP contribution in [-0.2, 0) is 4.79 Å². The molecule has 0 radical (unpaired) electrons. The van der Waals surface area contributed by atoms with Gasteiger partial charge in [0.2, 0.25) is 11.7 Å². The lowest BCUT2D eigenvalue weighted by Gasteiger charge is -2.47. The molecule has 1 amide bonds. The van der Waals surface area contributed by atoms with Crippen molar-refractivity contribution in [3.05, 3.63) is 60.3 Å². The second-order valence-corrected chi connectivity index (χ2v) is 12.2. The number of H-pyrrole nitrogens is 1. The molecule has 6 rings (SSSR count). The summed E-state index contributed by atoms with van der Waals surface area (Å²) in [6, 6.07) is 7.80. The van der Waals surface area contributed by atoms with Crippen molar-refractivity contribution in [2.75, 3.05) is 20.2 Å². The number of aromatic amines is 1. The second-order valence-electron chi connectivity index (χ2n) is 12.2. The smallest absolute Gasteiger partial charge is 0.263 e. The number of rotatable bonds is 12. The summed E-state index contributed by atoms with van der Waals surface area (Å²) in [6.45, 7) is 4.12. The fourth-order valence-electron chi connectivity index (χ4n) is 6.45. The van der Waals surface area contributed by atoms with Crippen LogP contribution in [0.1, 0.15) is 86.0 Å². The minimum absolute atomic E-state index is 0.0260. The number of carbonyl (C=O) groups is 2. The Kier molecular flexibility index (Phi) is 8.56. The van der Waals surface area contributed by atoms with E-state index >= 15 is 0 Å². The first-order chi connectivity index (χ1) is 20.9. The molecule has 1 atom stereocenters. The summed E-state index contributed by atoms with van der Waals surface area (Å²) >= 11 is 0. The zero-order chi connectivity index (χ0) is 29.8. The number of nitrogens with one attached hydrogen (secondary N) is 3. The molecule has 1 aromatic carbocycles. The van der Waals surface area contributed by atoms with Crippen LogP contribution in [0.25, 0.3) is 22.2 Å². The third-order valence-electron chi connectivity index (χ3n) is 9.17. The summed E-state index contributed by atoms with van der Waals surface area (Å²) in [5.41, 5.74) is 3.94. The number of nitrogens with zero attached hydrogens (tertiary/aromatic N) is 3. The van der Waals surface area contributed by atoms with Crippen molar-refractivity contribution in [2.45, 2.75) is 70.8 Å². The average molecular weight is 585 g/mol. The molecular weight excluding hydrogens is 544 g/mol. The minimum atomic E-state index is -0.263. The Morgan fingerprint density at radius 3 is 2.70 bits per heavy atom. The van der Waals surface area contributed by atoms with Crippen LogP contribution in [0, 0.1) is 18.3 Å². The second kappa shape index (κ2) is 12.7. The van der Waals surface area contributed by atoms with Gasteiger partial charge in [-0.25, -0.2) is 9.97 Å². The van der Waals surface area contributed by atoms with Crippen molar-refractivity contribution >= 4 is 22.6 Å². The number of pyridine rings is 1. The minimum Gasteiger partial charge on any atom is -0.496 e. The molecule has 4 heterocycles. The number of ketones is 1. The Balaban J connectivity index is 1.16. The number of oxazole rings is 1. The van der Waals surface area contributed by atoms with E-state index in [9.17, 15) is 9.59 Å². The number of fused-ring (bicyclic) bond motifs is 1. The maximum Gasteiger partial charge on any atom is 0.263 e. The highest BCUT2D eigenvalue weighted by molar-refractivity contribution is 5.91. The van der Waals surface area contributed by atoms with Crippen molar-refractivity contribution in [1.82, 2.24) is 30.6 Å². The van der Waals surface area contributed by atoms with Crippen LogP contribution in [0.5, 0.6) is 5.75 Å². The van der Waals surface area contributed by atoms with Crippen LogP contribution < -0.4 is 15.4 Å². The third-order valence-corrected chi connectivity index (χ3v) is 9.17. The fourth-order valence-corrected chi connectivity index (χ4v) is 6.45. The van der Waals surface area contributed by atoms with E-state index in [1.165, 1.54) is 12.5 Å². The van der Waals surface area contributed by atoms with Crippen LogP contribution in [-0.4, -0.2) is 51.8 Å². The number of benzene rings is 1. The van der Waals surface area contributed by atoms with Gasteiger partial charge in [-0.2, -0.15) is 0 Å². The number of carbonyl (C=O) groups excluding carboxylic acids is 2. The van der Waals surface area contributed by atoms with E-state index in [1.807, 2.05) is 25.3 Å². The fraction of sp³-hybridized carbons (Fsp3) is 0.485. The number of amides is 1. The maximum absolute atomic E-state index is 13.5. The van der Waals surface area contributed by atoms with Crippen LogP contribution in [0.3, 0.4) is 0 Å². The van der Waals surface area contributed by atoms with E-state index in [0.29, 0.717) is 24.0 Å². The van der Waals surface area contributed by atoms with E-state index in [-0.39, 0.29) is 29.5 Å². The molecule has 1 saturated heterocycles. The standard InChI is InChI=1S/C33H40N6O4/c1-21-8-9-23-16-24(29(42-2)17-26(23)37-21)27-18-36-30(38-27)25(6-4-3-5-7-28(40)32-35-14-15-43-32)39-31(41)22-10-12-33(13-11-22)19-34-20-33/h8-9,14-18,22,25,34H,3-7,10-13,19-20H2,1-2H3,(H,36,38)(H,39,41)/t25-/m0/s1. The Bertz CT molecular complexity index is 1570. The molecule has 1 aliphatic heterocycles. The van der Waals surface area contributed by atoms with Crippen molar-refractivity contribution < 1.29 is 18.7 Å². The lowest BCUT2D eigenvalue weighted by Crippen LogP contribution is -2.55. The summed E-state index contributed by atoms with van der Waals surface area (Å²) in [7, 11) is 1.65. The number of ether oxygens (including phenoxy) is 1. The van der Waals surface area contributed by atoms with Crippen molar-refractivity contribution in [1.29, 1.82) is 0 Å². The van der Waals surface area contributed by atoms with Crippen molar-refractivity contribution in [3.63, 3.8) is 0 Å². The highest BCUT2D eigenvalue weighted by Crippen LogP contribution is 2.42. The van der Waals surface area contributed by atoms with E-state index in [0.717, 1.165) is 91.7 Å². The number of hydrogen-bond donors (Lipinski definition) is 3. The predicted octanol–water partition coefficient (Wildman–Crippen LogP) is 5.70. The SMILES string of the molecule is COc1cc2nc(C)ccc2cc1-c1cnc([C@H](CCCCCC(=O)c2ncco2)NC(=O)C2CCC3(CC2)CNC3)[nH]1. The van der Waals surface area contributed by atoms with Gasteiger partial charge in [0.1, 0.15) is 17.8 Å². The molecule has 0 bridgehead atoms. The lowest BCUT2D eigenvalue weighted by molar-refractivity contribution is -0.128. The Labute approximate surface area is 251 Å². The van der Waals surface area contributed by atoms with Crippen LogP contribution >= 0.6 is 0 Å². The largest absolute Gasteiger partial charge is 0.496 e. The van der Waals surface area contributed by atoms with Gasteiger partial charge >= 0.3 is 0 Å². The first kappa shape index (κ1) is 29.0. The van der Waals surface area contributed by atoms with Crippen LogP contribution in [0.15, 0.2) is 47.3 Å². The summed E-state index contributed by atoms with van der Waals surface area (Å²) in [5.74, 6) is 1.64. The zero-order valence-corrected chi connectivity index (χ0v) is 24.9. The van der Waals surface area contributed by atoms with Gasteiger partial charge in [-0.3, -0.25) is 14.6 Å². The van der Waals surface area contributed by atoms with Crippen LogP contribution in [0.4, 0.5) is 0 Å². The molecule has 1 spiro atoms. The molecule has 43 heavy (non-hydrogen) atoms. The summed E-state index contributed by atoms with van der Waals surface area (Å²) in [4.78, 5) is 42.6. The molecule has 1 saturated carbocycles. The van der Waals surface area contributed by atoms with Crippen LogP contribution in [0.2, 0.25) is 0 Å². The molecule has 1 aliphatic carbocycles. The summed E-state index contributed by atoms with van der Waals surface area (Å²) < 4.78 is 10.9. The van der Waals surface area contributed by atoms with E-state index in [4.69, 9.17) is 14.1 Å². The highest BCUT2D eigenvalue weighted by Gasteiger charge is 2.41. The summed E-state index contributed by atoms with van der Waals surface area (Å²) in [6.07, 6.45) is 12.3. The van der Waals surface area contributed by atoms with Gasteiger partial charge < -0.3 is 24.8 Å². The number of hydrogen-bond acceptors (Lipinski definition) is 8. The molecule has 2 aliphatic rings. The Morgan fingerprint density at radius 1 is 1.14 bits per heavy atom. The van der Waals surface area contributed by atoms with Gasteiger partial charge in [-0.05, 0) is 63.0 Å². The molecule has 2 fully saturated rings. The van der Waals surface area contributed by atoms with Gasteiger partial charge in [0.25, 0.3) is 5.89 Å². The first-order valence-electron chi connectivity index (χ1n) is 15.4. The third kappa shape index (κ3) is 6.49. The van der Waals surface area contributed by atoms with E-state index < -0.39 is 0 Å². The number of methoxy groups -OCH3 is 1. The lowest BCUT2D eigenvalue weighted by atomic mass is 9.67. The molecule has 10 heteroatoms. The van der Waals surface area contributed by atoms with Gasteiger partial charge in [0, 0.05) is 48.1 Å². The Morgan fingerprint density at radius 2 is 1.98 bits per heavy atom. The quantitative estimate of drug-likeness (QED) is 0.143. The number of imidazole rings is 1. The molecule has 4 aromatic rings. The zero-order valence-electron chi connectivity index (χ0n) is 24.9. The first-order valence-corrected chi connectivity index (χ1v) is 15.4. The molecule has 0 unspecified atom stereocenters. The van der Waals surface area contributed by atoms with Crippen molar-refractivity contribution in [2.24, 2.45) is 11.3 Å². The average Bonchev–Trinajstić information content (AvgIpc) is 3.72. The molecule has 3 aromatic heterocycles. The topological polar surface area (TPSA) is 135 Å². The predicted molar refractivity (Wildman–Crippen MR) is 163 cm³/mol. The van der Waals surface area contributed by atoms with E-state index in [1.54, 1.807) is 7.11 Å². The van der Waals surface area contributed by atoms with E-state index in [2.05, 4.69) is 37.7 Å². The number of aryl methyl sites for hydroxylation is 1. The maximum atomic E-state index is 13.5. The Hall–Kier alpha value is -4.05. The molecular formula is C33H40N6O4. The van der Waals surface area contributed by atoms with Gasteiger partial charge in [0.15, 0.2) is 0 Å². The highest BCUT2D eigenvalue weighted by atomic mass is 16.5. The molecule has 3 N–H and O–H groups in total. The van der Waals surface area contributed by atoms with Gasteiger partial charge in [0.05, 0.1) is 36.8 Å².